The zero-order valence-electron chi connectivity index (χ0n) is 14.5. The molecule has 2 N–H and O–H groups in total. The third-order valence-electron chi connectivity index (χ3n) is 3.52. The second-order valence-electron chi connectivity index (χ2n) is 5.58. The lowest BCUT2D eigenvalue weighted by Crippen LogP contribution is -2.15. The van der Waals surface area contributed by atoms with Crippen LogP contribution in [0, 0.1) is 11.6 Å². The van der Waals surface area contributed by atoms with E-state index in [1.165, 1.54) is 28.6 Å². The zero-order chi connectivity index (χ0) is 20.1. The van der Waals surface area contributed by atoms with Gasteiger partial charge in [-0.3, -0.25) is 9.59 Å². The van der Waals surface area contributed by atoms with Gasteiger partial charge in [-0.1, -0.05) is 11.8 Å². The van der Waals surface area contributed by atoms with Gasteiger partial charge in [0.25, 0.3) is 5.91 Å². The lowest BCUT2D eigenvalue weighted by molar-refractivity contribution is -0.113. The fraction of sp³-hybridized carbons (Fsp3) is 0.118. The molecule has 0 saturated carbocycles. The van der Waals surface area contributed by atoms with Gasteiger partial charge in [0.1, 0.15) is 11.6 Å². The fourth-order valence-corrected chi connectivity index (χ4v) is 2.81. The first-order valence-corrected chi connectivity index (χ1v) is 8.92. The van der Waals surface area contributed by atoms with Gasteiger partial charge in [0.2, 0.25) is 11.1 Å². The molecule has 3 rings (SSSR count). The predicted octanol–water partition coefficient (Wildman–Crippen LogP) is 2.47. The summed E-state index contributed by atoms with van der Waals surface area (Å²) >= 11 is 1.18. The number of nitrogens with one attached hydrogen (secondary N) is 2. The number of tetrazole rings is 1. The minimum Gasteiger partial charge on any atom is -0.325 e. The number of halogens is 2. The number of thioether (sulfide) groups is 1. The lowest BCUT2D eigenvalue weighted by atomic mass is 10.2. The van der Waals surface area contributed by atoms with Crippen molar-refractivity contribution in [3.63, 3.8) is 0 Å². The molecule has 1 heterocycles. The molecule has 8 nitrogen and oxygen atoms in total. The van der Waals surface area contributed by atoms with Crippen LogP contribution in [0.5, 0.6) is 0 Å². The molecule has 0 atom stereocenters. The summed E-state index contributed by atoms with van der Waals surface area (Å²) in [4.78, 5) is 24.1. The number of aryl methyl sites for hydroxylation is 1. The maximum atomic E-state index is 13.6. The van der Waals surface area contributed by atoms with Crippen molar-refractivity contribution in [2.45, 2.75) is 5.16 Å². The van der Waals surface area contributed by atoms with Gasteiger partial charge in [-0.2, -0.15) is 0 Å². The van der Waals surface area contributed by atoms with E-state index >= 15 is 0 Å². The number of benzene rings is 2. The van der Waals surface area contributed by atoms with E-state index in [0.717, 1.165) is 12.1 Å². The van der Waals surface area contributed by atoms with E-state index in [0.29, 0.717) is 16.9 Å². The largest absolute Gasteiger partial charge is 0.325 e. The Balaban J connectivity index is 1.56. The number of carbonyl (C=O) groups is 2. The summed E-state index contributed by atoms with van der Waals surface area (Å²) < 4.78 is 28.0. The van der Waals surface area contributed by atoms with Crippen LogP contribution in [-0.2, 0) is 11.8 Å². The number of hydrogen-bond donors (Lipinski definition) is 2. The van der Waals surface area contributed by atoms with E-state index in [1.54, 1.807) is 19.2 Å². The van der Waals surface area contributed by atoms with Crippen molar-refractivity contribution in [1.29, 1.82) is 0 Å². The maximum absolute atomic E-state index is 13.6. The summed E-state index contributed by atoms with van der Waals surface area (Å²) in [6, 6.07) is 8.92. The van der Waals surface area contributed by atoms with Crippen molar-refractivity contribution in [1.82, 2.24) is 20.2 Å². The molecule has 0 bridgehead atoms. The topological polar surface area (TPSA) is 102 Å². The highest BCUT2D eigenvalue weighted by atomic mass is 32.2. The summed E-state index contributed by atoms with van der Waals surface area (Å²) in [5.74, 6) is -2.32. The minimum atomic E-state index is -0.868. The summed E-state index contributed by atoms with van der Waals surface area (Å²) in [5.41, 5.74) is 0.617. The van der Waals surface area contributed by atoms with Crippen LogP contribution in [0.3, 0.4) is 0 Å². The molecule has 28 heavy (non-hydrogen) atoms. The zero-order valence-corrected chi connectivity index (χ0v) is 15.3. The Hall–Kier alpha value is -3.34. The molecule has 0 spiro atoms. The molecule has 0 aliphatic heterocycles. The number of rotatable bonds is 6. The predicted molar refractivity (Wildman–Crippen MR) is 98.9 cm³/mol. The highest BCUT2D eigenvalue weighted by Crippen LogP contribution is 2.18. The van der Waals surface area contributed by atoms with E-state index in [4.69, 9.17) is 0 Å². The van der Waals surface area contributed by atoms with Gasteiger partial charge in [0.15, 0.2) is 0 Å². The van der Waals surface area contributed by atoms with Crippen molar-refractivity contribution in [3.8, 4) is 0 Å². The van der Waals surface area contributed by atoms with Crippen LogP contribution in [0.2, 0.25) is 0 Å². The Kier molecular flexibility index (Phi) is 5.94. The van der Waals surface area contributed by atoms with E-state index in [9.17, 15) is 18.4 Å². The highest BCUT2D eigenvalue weighted by Gasteiger charge is 2.11. The van der Waals surface area contributed by atoms with E-state index in [2.05, 4.69) is 26.2 Å². The second kappa shape index (κ2) is 8.57. The van der Waals surface area contributed by atoms with E-state index in [1.807, 2.05) is 0 Å². The molecule has 0 saturated heterocycles. The normalized spacial score (nSPS) is 10.5. The first-order valence-electron chi connectivity index (χ1n) is 7.94. The first-order chi connectivity index (χ1) is 13.4. The average molecular weight is 404 g/mol. The summed E-state index contributed by atoms with van der Waals surface area (Å²) in [6.45, 7) is 0. The molecule has 0 radical (unpaired) electrons. The van der Waals surface area contributed by atoms with Crippen molar-refractivity contribution < 1.29 is 18.4 Å². The van der Waals surface area contributed by atoms with Crippen molar-refractivity contribution in [3.05, 3.63) is 59.7 Å². The maximum Gasteiger partial charge on any atom is 0.255 e. The molecule has 2 aromatic carbocycles. The number of carbonyl (C=O) groups excluding carboxylic acids is 2. The number of nitrogens with zero attached hydrogens (tertiary/aromatic N) is 4. The van der Waals surface area contributed by atoms with Gasteiger partial charge in [-0.25, -0.2) is 13.5 Å². The molecular formula is C17H14F2N6O2S. The van der Waals surface area contributed by atoms with E-state index < -0.39 is 17.5 Å². The van der Waals surface area contributed by atoms with Crippen LogP contribution < -0.4 is 10.6 Å². The van der Waals surface area contributed by atoms with Crippen LogP contribution in [0.1, 0.15) is 10.4 Å². The van der Waals surface area contributed by atoms with Crippen molar-refractivity contribution in [2.75, 3.05) is 16.4 Å². The summed E-state index contributed by atoms with van der Waals surface area (Å²) in [7, 11) is 1.67. The molecule has 144 valence electrons. The molecule has 11 heteroatoms. The second-order valence-corrected chi connectivity index (χ2v) is 6.52. The lowest BCUT2D eigenvalue weighted by Gasteiger charge is -2.08. The van der Waals surface area contributed by atoms with E-state index in [-0.39, 0.29) is 22.9 Å². The van der Waals surface area contributed by atoms with Crippen LogP contribution >= 0.6 is 11.8 Å². The van der Waals surface area contributed by atoms with Gasteiger partial charge in [-0.15, -0.1) is 5.10 Å². The number of hydrogen-bond acceptors (Lipinski definition) is 6. The SMILES string of the molecule is Cn1nnnc1SCC(=O)Nc1ccc(C(=O)Nc2ccc(F)cc2F)cc1. The molecule has 0 unspecified atom stereocenters. The van der Waals surface area contributed by atoms with Gasteiger partial charge in [0.05, 0.1) is 11.4 Å². The monoisotopic (exact) mass is 404 g/mol. The summed E-state index contributed by atoms with van der Waals surface area (Å²) in [5, 5.41) is 16.5. The molecule has 0 fully saturated rings. The molecule has 0 aliphatic carbocycles. The van der Waals surface area contributed by atoms with Gasteiger partial charge in [-0.05, 0) is 46.8 Å². The minimum absolute atomic E-state index is 0.111. The fourth-order valence-electron chi connectivity index (χ4n) is 2.16. The summed E-state index contributed by atoms with van der Waals surface area (Å²) in [6.07, 6.45) is 0. The number of anilines is 2. The van der Waals surface area contributed by atoms with Crippen LogP contribution in [0.15, 0.2) is 47.6 Å². The molecule has 2 amide bonds. The van der Waals surface area contributed by atoms with Crippen molar-refractivity contribution in [2.24, 2.45) is 7.05 Å². The Morgan fingerprint density at radius 1 is 1.11 bits per heavy atom. The molecule has 1 aromatic heterocycles. The Labute approximate surface area is 162 Å². The third-order valence-corrected chi connectivity index (χ3v) is 4.53. The number of aromatic nitrogens is 4. The Bertz CT molecular complexity index is 1010. The molecular weight excluding hydrogens is 390 g/mol. The standard InChI is InChI=1S/C17H14F2N6O2S/c1-25-17(22-23-24-25)28-9-15(26)20-12-5-2-10(3-6-12)16(27)21-14-7-4-11(18)8-13(14)19/h2-8H,9H2,1H3,(H,20,26)(H,21,27). The molecule has 0 aliphatic rings. The van der Waals surface area contributed by atoms with Gasteiger partial charge < -0.3 is 10.6 Å². The molecule has 3 aromatic rings. The van der Waals surface area contributed by atoms with Crippen LogP contribution in [0.4, 0.5) is 20.2 Å². The quantitative estimate of drug-likeness (QED) is 0.612. The Morgan fingerprint density at radius 3 is 2.50 bits per heavy atom. The highest BCUT2D eigenvalue weighted by molar-refractivity contribution is 7.99. The van der Waals surface area contributed by atoms with Crippen LogP contribution in [0.25, 0.3) is 0 Å². The van der Waals surface area contributed by atoms with Crippen molar-refractivity contribution >= 4 is 35.0 Å². The smallest absolute Gasteiger partial charge is 0.255 e. The third kappa shape index (κ3) is 4.88. The average Bonchev–Trinajstić information content (AvgIpc) is 3.08. The van der Waals surface area contributed by atoms with Gasteiger partial charge >= 0.3 is 0 Å². The Morgan fingerprint density at radius 2 is 1.86 bits per heavy atom. The number of amides is 2. The van der Waals surface area contributed by atoms with Gasteiger partial charge in [0, 0.05) is 24.4 Å². The van der Waals surface area contributed by atoms with Crippen LogP contribution in [-0.4, -0.2) is 37.8 Å². The first kappa shape index (κ1) is 19.4.